The van der Waals surface area contributed by atoms with Gasteiger partial charge < -0.3 is 14.7 Å². The fraction of sp³-hybridized carbons (Fsp3) is 0.500. The van der Waals surface area contributed by atoms with E-state index < -0.39 is 11.5 Å². The predicted molar refractivity (Wildman–Crippen MR) is 80.4 cm³/mol. The van der Waals surface area contributed by atoms with Gasteiger partial charge in [-0.15, -0.1) is 0 Å². The number of ether oxygens (including phenoxy) is 1. The van der Waals surface area contributed by atoms with Gasteiger partial charge in [-0.3, -0.25) is 4.79 Å². The molecule has 0 heterocycles. The zero-order chi connectivity index (χ0) is 16.0. The Hall–Kier alpha value is -2.04. The molecule has 1 aromatic rings. The molecular weight excluding hydrogens is 270 g/mol. The Kier molecular flexibility index (Phi) is 5.76. The Bertz CT molecular complexity index is 494. The summed E-state index contributed by atoms with van der Waals surface area (Å²) in [5, 5.41) is 9.08. The van der Waals surface area contributed by atoms with E-state index in [1.807, 2.05) is 31.2 Å². The lowest BCUT2D eigenvalue weighted by Gasteiger charge is -2.31. The molecule has 0 spiro atoms. The smallest absolute Gasteiger partial charge is 0.329 e. The molecule has 5 nitrogen and oxygen atoms in total. The third-order valence-corrected chi connectivity index (χ3v) is 3.56. The highest BCUT2D eigenvalue weighted by atomic mass is 16.5. The van der Waals surface area contributed by atoms with E-state index >= 15 is 0 Å². The first-order valence-corrected chi connectivity index (χ1v) is 6.94. The minimum atomic E-state index is -1.20. The number of carbonyl (C=O) groups excluding carboxylic acids is 1. The molecule has 0 fully saturated rings. The van der Waals surface area contributed by atoms with E-state index in [4.69, 9.17) is 9.84 Å². The van der Waals surface area contributed by atoms with Crippen LogP contribution in [0.4, 0.5) is 0 Å². The van der Waals surface area contributed by atoms with Gasteiger partial charge in [0.15, 0.2) is 0 Å². The van der Waals surface area contributed by atoms with Crippen LogP contribution in [0.2, 0.25) is 0 Å². The van der Waals surface area contributed by atoms with E-state index in [0.717, 1.165) is 11.3 Å². The first-order valence-electron chi connectivity index (χ1n) is 6.94. The zero-order valence-electron chi connectivity index (χ0n) is 13.0. The summed E-state index contributed by atoms with van der Waals surface area (Å²) in [5.74, 6) is -0.448. The average molecular weight is 293 g/mol. The largest absolute Gasteiger partial charge is 0.494 e. The molecule has 5 heteroatoms. The van der Waals surface area contributed by atoms with Crippen LogP contribution in [0.15, 0.2) is 24.3 Å². The lowest BCUT2D eigenvalue weighted by molar-refractivity contribution is -0.155. The monoisotopic (exact) mass is 293 g/mol. The molecule has 1 amide bonds. The fourth-order valence-corrected chi connectivity index (χ4v) is 1.67. The highest BCUT2D eigenvalue weighted by Crippen LogP contribution is 2.15. The Morgan fingerprint density at radius 3 is 2.33 bits per heavy atom. The van der Waals surface area contributed by atoms with Crippen molar-refractivity contribution in [2.75, 3.05) is 13.7 Å². The normalized spacial score (nSPS) is 11.0. The lowest BCUT2D eigenvalue weighted by atomic mass is 10.0. The van der Waals surface area contributed by atoms with Crippen molar-refractivity contribution in [2.24, 2.45) is 0 Å². The molecule has 0 aliphatic carbocycles. The Labute approximate surface area is 125 Å². The molecule has 1 N–H and O–H groups in total. The zero-order valence-corrected chi connectivity index (χ0v) is 13.0. The number of carbonyl (C=O) groups is 2. The first-order chi connectivity index (χ1) is 9.75. The molecule has 0 bridgehead atoms. The summed E-state index contributed by atoms with van der Waals surface area (Å²) in [7, 11) is 1.51. The molecule has 21 heavy (non-hydrogen) atoms. The predicted octanol–water partition coefficient (Wildman–Crippen LogP) is 2.48. The van der Waals surface area contributed by atoms with Crippen LogP contribution in [0.1, 0.15) is 32.3 Å². The van der Waals surface area contributed by atoms with Crippen molar-refractivity contribution < 1.29 is 19.4 Å². The molecule has 0 saturated carbocycles. The van der Waals surface area contributed by atoms with E-state index in [0.29, 0.717) is 13.0 Å². The Morgan fingerprint density at radius 1 is 1.24 bits per heavy atom. The number of hydrogen-bond acceptors (Lipinski definition) is 3. The summed E-state index contributed by atoms with van der Waals surface area (Å²) < 4.78 is 5.54. The van der Waals surface area contributed by atoms with Gasteiger partial charge in [0.25, 0.3) is 0 Å². The highest BCUT2D eigenvalue weighted by molar-refractivity contribution is 5.86. The van der Waals surface area contributed by atoms with Crippen molar-refractivity contribution in [1.29, 1.82) is 0 Å². The van der Waals surface area contributed by atoms with Gasteiger partial charge in [-0.25, -0.2) is 4.79 Å². The molecule has 0 aliphatic heterocycles. The summed E-state index contributed by atoms with van der Waals surface area (Å²) in [6, 6.07) is 7.70. The standard InChI is InChI=1S/C16H23NO4/c1-12-7-9-13(10-8-12)21-11-5-6-14(18)17(4)16(2,3)15(19)20/h7-10H,5-6,11H2,1-4H3,(H,19,20). The quantitative estimate of drug-likeness (QED) is 0.784. The van der Waals surface area contributed by atoms with Gasteiger partial charge >= 0.3 is 5.97 Å². The molecule has 0 radical (unpaired) electrons. The van der Waals surface area contributed by atoms with Gasteiger partial charge in [0.1, 0.15) is 11.3 Å². The summed E-state index contributed by atoms with van der Waals surface area (Å²) >= 11 is 0. The second-order valence-electron chi connectivity index (χ2n) is 5.58. The van der Waals surface area contributed by atoms with Gasteiger partial charge in [0.05, 0.1) is 6.61 Å². The topological polar surface area (TPSA) is 66.8 Å². The molecule has 1 aromatic carbocycles. The fourth-order valence-electron chi connectivity index (χ4n) is 1.67. The van der Waals surface area contributed by atoms with Gasteiger partial charge in [-0.2, -0.15) is 0 Å². The second-order valence-corrected chi connectivity index (χ2v) is 5.58. The molecule has 0 atom stereocenters. The molecule has 0 saturated heterocycles. The van der Waals surface area contributed by atoms with Crippen LogP contribution in [0, 0.1) is 6.92 Å². The molecule has 0 unspecified atom stereocenters. The van der Waals surface area contributed by atoms with Crippen molar-refractivity contribution in [1.82, 2.24) is 4.90 Å². The maximum atomic E-state index is 12.0. The third-order valence-electron chi connectivity index (χ3n) is 3.56. The van der Waals surface area contributed by atoms with E-state index in [1.165, 1.54) is 25.8 Å². The van der Waals surface area contributed by atoms with Crippen molar-refractivity contribution in [3.8, 4) is 5.75 Å². The van der Waals surface area contributed by atoms with Crippen LogP contribution in [-0.2, 0) is 9.59 Å². The number of carboxylic acids is 1. The summed E-state index contributed by atoms with van der Waals surface area (Å²) in [6.45, 7) is 5.45. The van der Waals surface area contributed by atoms with E-state index in [9.17, 15) is 9.59 Å². The number of aryl methyl sites for hydroxylation is 1. The molecule has 0 aliphatic rings. The maximum absolute atomic E-state index is 12.0. The summed E-state index contributed by atoms with van der Waals surface area (Å²) in [6.07, 6.45) is 0.811. The first kappa shape index (κ1) is 17.0. The average Bonchev–Trinajstić information content (AvgIpc) is 2.44. The Balaban J connectivity index is 2.37. The number of benzene rings is 1. The molecule has 1 rings (SSSR count). The molecule has 116 valence electrons. The number of hydrogen-bond donors (Lipinski definition) is 1. The number of carboxylic acid groups (broad SMARTS) is 1. The van der Waals surface area contributed by atoms with Crippen LogP contribution in [-0.4, -0.2) is 41.1 Å². The maximum Gasteiger partial charge on any atom is 0.329 e. The molecular formula is C16H23NO4. The van der Waals surface area contributed by atoms with Crippen molar-refractivity contribution in [3.05, 3.63) is 29.8 Å². The van der Waals surface area contributed by atoms with Gasteiger partial charge in [-0.05, 0) is 39.3 Å². The van der Waals surface area contributed by atoms with Crippen LogP contribution in [0.5, 0.6) is 5.75 Å². The van der Waals surface area contributed by atoms with Crippen LogP contribution in [0.3, 0.4) is 0 Å². The van der Waals surface area contributed by atoms with Gasteiger partial charge in [0, 0.05) is 13.5 Å². The van der Waals surface area contributed by atoms with E-state index in [2.05, 4.69) is 0 Å². The van der Waals surface area contributed by atoms with Crippen LogP contribution >= 0.6 is 0 Å². The SMILES string of the molecule is Cc1ccc(OCCCC(=O)N(C)C(C)(C)C(=O)O)cc1. The molecule has 0 aromatic heterocycles. The van der Waals surface area contributed by atoms with Crippen molar-refractivity contribution in [2.45, 2.75) is 39.2 Å². The van der Waals surface area contributed by atoms with Gasteiger partial charge in [-0.1, -0.05) is 17.7 Å². The minimum Gasteiger partial charge on any atom is -0.494 e. The van der Waals surface area contributed by atoms with E-state index in [-0.39, 0.29) is 12.3 Å². The van der Waals surface area contributed by atoms with Crippen LogP contribution < -0.4 is 4.74 Å². The van der Waals surface area contributed by atoms with E-state index in [1.54, 1.807) is 0 Å². The summed E-state index contributed by atoms with van der Waals surface area (Å²) in [5.41, 5.74) is -0.0374. The van der Waals surface area contributed by atoms with Crippen molar-refractivity contribution >= 4 is 11.9 Å². The van der Waals surface area contributed by atoms with Crippen molar-refractivity contribution in [3.63, 3.8) is 0 Å². The number of rotatable bonds is 7. The second kappa shape index (κ2) is 7.11. The Morgan fingerprint density at radius 2 is 1.81 bits per heavy atom. The van der Waals surface area contributed by atoms with Gasteiger partial charge in [0.2, 0.25) is 5.91 Å². The van der Waals surface area contributed by atoms with Crippen LogP contribution in [0.25, 0.3) is 0 Å². The number of aliphatic carboxylic acids is 1. The number of amides is 1. The minimum absolute atomic E-state index is 0.199. The number of nitrogens with zero attached hydrogens (tertiary/aromatic N) is 1. The third kappa shape index (κ3) is 4.77. The number of likely N-dealkylation sites (N-methyl/N-ethyl adjacent to an activating group) is 1. The highest BCUT2D eigenvalue weighted by Gasteiger charge is 2.34. The summed E-state index contributed by atoms with van der Waals surface area (Å²) in [4.78, 5) is 24.3. The lowest BCUT2D eigenvalue weighted by Crippen LogP contribution is -2.50.